The Morgan fingerprint density at radius 1 is 0.465 bits per heavy atom. The molecule has 5 aromatic rings. The average Bonchev–Trinajstić information content (AvgIpc) is 3.35. The van der Waals surface area contributed by atoms with Crippen molar-refractivity contribution >= 4 is 33.2 Å². The lowest BCUT2D eigenvalue weighted by molar-refractivity contribution is 0.687. The third-order valence-corrected chi connectivity index (χ3v) is 8.14. The van der Waals surface area contributed by atoms with Gasteiger partial charge in [0.1, 0.15) is 0 Å². The van der Waals surface area contributed by atoms with Crippen LogP contribution >= 0.6 is 0 Å². The van der Waals surface area contributed by atoms with Gasteiger partial charge in [0.05, 0.1) is 0 Å². The van der Waals surface area contributed by atoms with Crippen molar-refractivity contribution in [2.24, 2.45) is 28.7 Å². The van der Waals surface area contributed by atoms with E-state index in [0.29, 0.717) is 32.7 Å². The summed E-state index contributed by atoms with van der Waals surface area (Å²) in [4.78, 5) is 4.50. The molecule has 0 spiro atoms. The van der Waals surface area contributed by atoms with Crippen LogP contribution in [0.2, 0.25) is 0 Å². The molecule has 0 fully saturated rings. The van der Waals surface area contributed by atoms with E-state index in [0.717, 1.165) is 50.5 Å². The number of fused-ring (bicyclic) bond motifs is 3. The first-order valence-corrected chi connectivity index (χ1v) is 15.4. The van der Waals surface area contributed by atoms with Crippen LogP contribution in [0.15, 0.2) is 84.9 Å². The van der Waals surface area contributed by atoms with E-state index in [2.05, 4.69) is 99.3 Å². The number of nitrogens with two attached hydrogens (primary N) is 5. The molecule has 226 valence electrons. The van der Waals surface area contributed by atoms with Crippen LogP contribution in [0, 0.1) is 0 Å². The number of aryl methyl sites for hydroxylation is 1. The summed E-state index contributed by atoms with van der Waals surface area (Å²) in [5.41, 5.74) is 39.0. The Kier molecular flexibility index (Phi) is 10.3. The van der Waals surface area contributed by atoms with Gasteiger partial charge in [-0.1, -0.05) is 48.5 Å². The molecule has 0 saturated heterocycles. The summed E-state index contributed by atoms with van der Waals surface area (Å²) in [6.45, 7) is 6.94. The SMILES string of the molecule is NCCCn1c2cc(-c3cccc(N(CCN)CCN)c3)ccc2c2ccc(-c3cccc(N(CCN)CCN)c3)cc21. The monoisotopic (exact) mass is 578 g/mol. The fourth-order valence-corrected chi connectivity index (χ4v) is 6.07. The molecule has 1 heterocycles. The normalized spacial score (nSPS) is 11.5. The fraction of sp³-hybridized carbons (Fsp3) is 0.314. The molecule has 0 bridgehead atoms. The number of hydrogen-bond acceptors (Lipinski definition) is 7. The van der Waals surface area contributed by atoms with Crippen molar-refractivity contribution in [1.82, 2.24) is 4.57 Å². The van der Waals surface area contributed by atoms with Crippen molar-refractivity contribution < 1.29 is 0 Å². The van der Waals surface area contributed by atoms with Crippen molar-refractivity contribution in [3.63, 3.8) is 0 Å². The molecule has 0 atom stereocenters. The second-order valence-corrected chi connectivity index (χ2v) is 11.0. The van der Waals surface area contributed by atoms with Crippen LogP contribution in [0.4, 0.5) is 11.4 Å². The van der Waals surface area contributed by atoms with E-state index in [1.807, 2.05) is 0 Å². The van der Waals surface area contributed by atoms with E-state index in [4.69, 9.17) is 28.7 Å². The highest BCUT2D eigenvalue weighted by Gasteiger charge is 2.15. The van der Waals surface area contributed by atoms with E-state index >= 15 is 0 Å². The summed E-state index contributed by atoms with van der Waals surface area (Å²) in [6.07, 6.45) is 0.901. The van der Waals surface area contributed by atoms with Gasteiger partial charge in [0.2, 0.25) is 0 Å². The molecule has 8 nitrogen and oxygen atoms in total. The van der Waals surface area contributed by atoms with Crippen molar-refractivity contribution in [2.45, 2.75) is 13.0 Å². The molecule has 0 radical (unpaired) electrons. The lowest BCUT2D eigenvalue weighted by atomic mass is 10.0. The number of aromatic nitrogens is 1. The Balaban J connectivity index is 1.58. The van der Waals surface area contributed by atoms with E-state index < -0.39 is 0 Å². The van der Waals surface area contributed by atoms with E-state index in [9.17, 15) is 0 Å². The highest BCUT2D eigenvalue weighted by molar-refractivity contribution is 6.10. The standard InChI is InChI=1S/C35H46N8/c36-12-3-17-43-34-24-28(26-4-1-6-30(22-26)41(18-13-37)19-14-38)8-10-32(34)33-11-9-29(25-35(33)43)27-5-2-7-31(23-27)42(20-15-39)21-16-40/h1-2,4-11,22-25H,3,12-21,36-40H2. The lowest BCUT2D eigenvalue weighted by Gasteiger charge is -2.24. The maximum atomic E-state index is 6.01. The first kappa shape index (κ1) is 30.5. The van der Waals surface area contributed by atoms with Crippen LogP contribution in [0.1, 0.15) is 6.42 Å². The lowest BCUT2D eigenvalue weighted by Crippen LogP contribution is -2.33. The second kappa shape index (κ2) is 14.5. The Bertz CT molecular complexity index is 1510. The molecule has 4 aromatic carbocycles. The van der Waals surface area contributed by atoms with E-state index in [-0.39, 0.29) is 0 Å². The number of nitrogens with zero attached hydrogens (tertiary/aromatic N) is 3. The van der Waals surface area contributed by atoms with Crippen LogP contribution in [-0.4, -0.2) is 63.5 Å². The van der Waals surface area contributed by atoms with Crippen molar-refractivity contribution in [1.29, 1.82) is 0 Å². The summed E-state index contributed by atoms with van der Waals surface area (Å²) < 4.78 is 2.43. The van der Waals surface area contributed by atoms with Gasteiger partial charge < -0.3 is 43.0 Å². The second-order valence-electron chi connectivity index (χ2n) is 11.0. The number of anilines is 2. The Morgan fingerprint density at radius 2 is 0.884 bits per heavy atom. The van der Waals surface area contributed by atoms with Crippen molar-refractivity contribution in [2.75, 3.05) is 68.7 Å². The van der Waals surface area contributed by atoms with Gasteiger partial charge >= 0.3 is 0 Å². The van der Waals surface area contributed by atoms with Crippen molar-refractivity contribution in [3.8, 4) is 22.3 Å². The molecule has 0 unspecified atom stereocenters. The Labute approximate surface area is 255 Å². The molecule has 0 saturated carbocycles. The van der Waals surface area contributed by atoms with Gasteiger partial charge in [0.25, 0.3) is 0 Å². The van der Waals surface area contributed by atoms with Crippen LogP contribution in [0.25, 0.3) is 44.1 Å². The zero-order valence-electron chi connectivity index (χ0n) is 25.1. The maximum Gasteiger partial charge on any atom is 0.0497 e. The highest BCUT2D eigenvalue weighted by atomic mass is 15.1. The minimum absolute atomic E-state index is 0.587. The van der Waals surface area contributed by atoms with Gasteiger partial charge in [0, 0.05) is 92.1 Å². The van der Waals surface area contributed by atoms with Crippen LogP contribution in [-0.2, 0) is 6.54 Å². The molecular formula is C35H46N8. The molecule has 0 aliphatic carbocycles. The minimum Gasteiger partial charge on any atom is -0.369 e. The van der Waals surface area contributed by atoms with Gasteiger partial charge in [0.15, 0.2) is 0 Å². The van der Waals surface area contributed by atoms with E-state index in [1.165, 1.54) is 44.1 Å². The number of benzene rings is 4. The molecule has 1 aromatic heterocycles. The molecule has 43 heavy (non-hydrogen) atoms. The fourth-order valence-electron chi connectivity index (χ4n) is 6.07. The van der Waals surface area contributed by atoms with E-state index in [1.54, 1.807) is 0 Å². The molecule has 8 heteroatoms. The summed E-state index contributed by atoms with van der Waals surface area (Å²) in [5.74, 6) is 0. The molecule has 10 N–H and O–H groups in total. The summed E-state index contributed by atoms with van der Waals surface area (Å²) in [6, 6.07) is 30.9. The van der Waals surface area contributed by atoms with Gasteiger partial charge in [-0.15, -0.1) is 0 Å². The van der Waals surface area contributed by atoms with Gasteiger partial charge in [-0.25, -0.2) is 0 Å². The summed E-state index contributed by atoms with van der Waals surface area (Å²) in [7, 11) is 0. The highest BCUT2D eigenvalue weighted by Crippen LogP contribution is 2.36. The largest absolute Gasteiger partial charge is 0.369 e. The average molecular weight is 579 g/mol. The topological polar surface area (TPSA) is 142 Å². The molecule has 0 amide bonds. The summed E-state index contributed by atoms with van der Waals surface area (Å²) >= 11 is 0. The summed E-state index contributed by atoms with van der Waals surface area (Å²) in [5, 5.41) is 2.49. The first-order valence-electron chi connectivity index (χ1n) is 15.4. The predicted octanol–water partition coefficient (Wildman–Crippen LogP) is 3.92. The zero-order valence-corrected chi connectivity index (χ0v) is 25.1. The Hall–Kier alpha value is -3.92. The van der Waals surface area contributed by atoms with Crippen LogP contribution < -0.4 is 38.5 Å². The first-order chi connectivity index (χ1) is 21.1. The van der Waals surface area contributed by atoms with Gasteiger partial charge in [-0.05, 0) is 71.6 Å². The molecular weight excluding hydrogens is 532 g/mol. The van der Waals surface area contributed by atoms with Gasteiger partial charge in [-0.2, -0.15) is 0 Å². The maximum absolute atomic E-state index is 6.01. The zero-order chi connectivity index (χ0) is 30.2. The van der Waals surface area contributed by atoms with Crippen LogP contribution in [0.3, 0.4) is 0 Å². The van der Waals surface area contributed by atoms with Gasteiger partial charge in [-0.3, -0.25) is 0 Å². The third kappa shape index (κ3) is 6.69. The smallest absolute Gasteiger partial charge is 0.0497 e. The van der Waals surface area contributed by atoms with Crippen molar-refractivity contribution in [3.05, 3.63) is 84.9 Å². The molecule has 5 rings (SSSR count). The number of rotatable bonds is 15. The molecule has 0 aliphatic heterocycles. The minimum atomic E-state index is 0.587. The molecule has 0 aliphatic rings. The third-order valence-electron chi connectivity index (χ3n) is 8.14. The quantitative estimate of drug-likeness (QED) is 0.127. The van der Waals surface area contributed by atoms with Crippen LogP contribution in [0.5, 0.6) is 0 Å². The number of hydrogen-bond donors (Lipinski definition) is 5. The Morgan fingerprint density at radius 3 is 1.28 bits per heavy atom. The predicted molar refractivity (Wildman–Crippen MR) is 185 cm³/mol.